The van der Waals surface area contributed by atoms with Crippen LogP contribution in [0.15, 0.2) is 42.5 Å². The van der Waals surface area contributed by atoms with Crippen molar-refractivity contribution < 1.29 is 19.3 Å². The second-order valence-corrected chi connectivity index (χ2v) is 5.00. The fourth-order valence-electron chi connectivity index (χ4n) is 2.68. The number of hydrogen-bond donors (Lipinski definition) is 1. The van der Waals surface area contributed by atoms with Crippen LogP contribution in [0.3, 0.4) is 0 Å². The van der Waals surface area contributed by atoms with Gasteiger partial charge in [-0.3, -0.25) is 0 Å². The fourth-order valence-corrected chi connectivity index (χ4v) is 2.68. The van der Waals surface area contributed by atoms with E-state index in [1.54, 1.807) is 14.2 Å². The molecule has 0 fully saturated rings. The minimum Gasteiger partial charge on any atom is -0.497 e. The van der Waals surface area contributed by atoms with Gasteiger partial charge < -0.3 is 19.3 Å². The number of ether oxygens (including phenoxy) is 3. The summed E-state index contributed by atoms with van der Waals surface area (Å²) in [4.78, 5) is 0. The summed E-state index contributed by atoms with van der Waals surface area (Å²) in [6.45, 7) is 0. The molecule has 1 aliphatic rings. The van der Waals surface area contributed by atoms with E-state index in [4.69, 9.17) is 14.2 Å². The van der Waals surface area contributed by atoms with Crippen molar-refractivity contribution in [2.45, 2.75) is 18.6 Å². The van der Waals surface area contributed by atoms with Crippen LogP contribution in [0.1, 0.15) is 29.8 Å². The third-order valence-electron chi connectivity index (χ3n) is 3.77. The van der Waals surface area contributed by atoms with Crippen LogP contribution in [0.4, 0.5) is 0 Å². The Labute approximate surface area is 123 Å². The smallest absolute Gasteiger partial charge is 0.130 e. The first-order valence-corrected chi connectivity index (χ1v) is 6.88. The molecule has 0 spiro atoms. The largest absolute Gasteiger partial charge is 0.497 e. The summed E-state index contributed by atoms with van der Waals surface area (Å²) in [6, 6.07) is 13.2. The minimum atomic E-state index is -0.584. The van der Waals surface area contributed by atoms with Gasteiger partial charge in [-0.05, 0) is 24.3 Å². The molecule has 2 atom stereocenters. The van der Waals surface area contributed by atoms with Crippen LogP contribution in [0.5, 0.6) is 17.2 Å². The normalized spacial score (nSPS) is 20.3. The molecule has 4 nitrogen and oxygen atoms in total. The summed E-state index contributed by atoms with van der Waals surface area (Å²) in [5.41, 5.74) is 1.71. The summed E-state index contributed by atoms with van der Waals surface area (Å²) >= 11 is 0. The molecule has 4 heteroatoms. The fraction of sp³-hybridized carbons (Fsp3) is 0.294. The summed E-state index contributed by atoms with van der Waals surface area (Å²) in [7, 11) is 3.24. The lowest BCUT2D eigenvalue weighted by Gasteiger charge is -2.30. The van der Waals surface area contributed by atoms with Crippen LogP contribution < -0.4 is 14.2 Å². The number of para-hydroxylation sites is 1. The van der Waals surface area contributed by atoms with Gasteiger partial charge in [0.15, 0.2) is 0 Å². The molecule has 21 heavy (non-hydrogen) atoms. The van der Waals surface area contributed by atoms with Gasteiger partial charge >= 0.3 is 0 Å². The SMILES string of the molecule is COc1ccc2c(c1)C(O)CC(c1ccccc1OC)O2. The number of benzene rings is 2. The summed E-state index contributed by atoms with van der Waals surface area (Å²) in [5.74, 6) is 2.17. The van der Waals surface area contributed by atoms with Crippen molar-refractivity contribution in [3.05, 3.63) is 53.6 Å². The van der Waals surface area contributed by atoms with Crippen LogP contribution in [0, 0.1) is 0 Å². The Morgan fingerprint density at radius 3 is 2.62 bits per heavy atom. The lowest BCUT2D eigenvalue weighted by atomic mass is 9.94. The van der Waals surface area contributed by atoms with E-state index in [2.05, 4.69) is 0 Å². The second-order valence-electron chi connectivity index (χ2n) is 5.00. The maximum Gasteiger partial charge on any atom is 0.130 e. The third kappa shape index (κ3) is 2.54. The van der Waals surface area contributed by atoms with Crippen molar-refractivity contribution >= 4 is 0 Å². The number of methoxy groups -OCH3 is 2. The van der Waals surface area contributed by atoms with E-state index in [0.29, 0.717) is 17.9 Å². The Morgan fingerprint density at radius 1 is 1.05 bits per heavy atom. The predicted octanol–water partition coefficient (Wildman–Crippen LogP) is 3.26. The summed E-state index contributed by atoms with van der Waals surface area (Å²) in [6.07, 6.45) is -0.323. The van der Waals surface area contributed by atoms with Gasteiger partial charge in [0.25, 0.3) is 0 Å². The van der Waals surface area contributed by atoms with E-state index >= 15 is 0 Å². The third-order valence-corrected chi connectivity index (χ3v) is 3.77. The molecule has 0 saturated carbocycles. The molecule has 110 valence electrons. The zero-order valence-electron chi connectivity index (χ0n) is 12.1. The Hall–Kier alpha value is -2.20. The van der Waals surface area contributed by atoms with Crippen molar-refractivity contribution in [3.8, 4) is 17.2 Å². The molecule has 0 amide bonds. The van der Waals surface area contributed by atoms with Crippen LogP contribution in [-0.2, 0) is 0 Å². The highest BCUT2D eigenvalue weighted by Gasteiger charge is 2.30. The second kappa shape index (κ2) is 5.66. The van der Waals surface area contributed by atoms with Gasteiger partial charge in [-0.15, -0.1) is 0 Å². The van der Waals surface area contributed by atoms with Crippen LogP contribution >= 0.6 is 0 Å². The highest BCUT2D eigenvalue weighted by Crippen LogP contribution is 2.43. The molecule has 2 aromatic rings. The number of aliphatic hydroxyl groups is 1. The van der Waals surface area contributed by atoms with Crippen molar-refractivity contribution in [1.82, 2.24) is 0 Å². The molecule has 0 radical (unpaired) electrons. The molecule has 2 aromatic carbocycles. The highest BCUT2D eigenvalue weighted by molar-refractivity contribution is 5.45. The van der Waals surface area contributed by atoms with Gasteiger partial charge in [-0.25, -0.2) is 0 Å². The molecular formula is C17H18O4. The highest BCUT2D eigenvalue weighted by atomic mass is 16.5. The Balaban J connectivity index is 1.95. The topological polar surface area (TPSA) is 47.9 Å². The van der Waals surface area contributed by atoms with Crippen molar-refractivity contribution in [1.29, 1.82) is 0 Å². The Morgan fingerprint density at radius 2 is 1.86 bits per heavy atom. The number of rotatable bonds is 3. The number of hydrogen-bond acceptors (Lipinski definition) is 4. The Kier molecular flexibility index (Phi) is 3.71. The van der Waals surface area contributed by atoms with Crippen LogP contribution in [0.25, 0.3) is 0 Å². The van der Waals surface area contributed by atoms with Gasteiger partial charge in [0, 0.05) is 17.5 Å². The minimum absolute atomic E-state index is 0.225. The van der Waals surface area contributed by atoms with Crippen molar-refractivity contribution in [2.75, 3.05) is 14.2 Å². The van der Waals surface area contributed by atoms with E-state index in [0.717, 1.165) is 16.9 Å². The molecule has 0 aromatic heterocycles. The maximum atomic E-state index is 10.4. The monoisotopic (exact) mass is 286 g/mol. The molecule has 1 aliphatic heterocycles. The Bertz CT molecular complexity index is 638. The lowest BCUT2D eigenvalue weighted by Crippen LogP contribution is -2.19. The van der Waals surface area contributed by atoms with Gasteiger partial charge in [-0.1, -0.05) is 18.2 Å². The zero-order chi connectivity index (χ0) is 14.8. The molecule has 1 N–H and O–H groups in total. The first-order chi connectivity index (χ1) is 10.2. The first kappa shape index (κ1) is 13.8. The van der Waals surface area contributed by atoms with E-state index in [1.165, 1.54) is 0 Å². The quantitative estimate of drug-likeness (QED) is 0.941. The lowest BCUT2D eigenvalue weighted by molar-refractivity contribution is 0.0642. The number of fused-ring (bicyclic) bond motifs is 1. The molecule has 1 heterocycles. The van der Waals surface area contributed by atoms with Crippen molar-refractivity contribution in [2.24, 2.45) is 0 Å². The van der Waals surface area contributed by atoms with Gasteiger partial charge in [0.05, 0.1) is 20.3 Å². The number of aliphatic hydroxyl groups excluding tert-OH is 1. The molecule has 0 bridgehead atoms. The zero-order valence-corrected chi connectivity index (χ0v) is 12.1. The van der Waals surface area contributed by atoms with Gasteiger partial charge in [-0.2, -0.15) is 0 Å². The summed E-state index contributed by atoms with van der Waals surface area (Å²) in [5, 5.41) is 10.4. The molecule has 0 saturated heterocycles. The molecular weight excluding hydrogens is 268 g/mol. The van der Waals surface area contributed by atoms with Crippen molar-refractivity contribution in [3.63, 3.8) is 0 Å². The van der Waals surface area contributed by atoms with Gasteiger partial charge in [0.2, 0.25) is 0 Å². The van der Waals surface area contributed by atoms with E-state index in [1.807, 2.05) is 42.5 Å². The molecule has 3 rings (SSSR count). The molecule has 2 unspecified atom stereocenters. The average molecular weight is 286 g/mol. The summed E-state index contributed by atoms with van der Waals surface area (Å²) < 4.78 is 16.6. The maximum absolute atomic E-state index is 10.4. The first-order valence-electron chi connectivity index (χ1n) is 6.88. The average Bonchev–Trinajstić information content (AvgIpc) is 2.54. The van der Waals surface area contributed by atoms with E-state index in [9.17, 15) is 5.11 Å². The molecule has 0 aliphatic carbocycles. The standard InChI is InChI=1S/C17H18O4/c1-19-11-7-8-16-13(9-11)14(18)10-17(21-16)12-5-3-4-6-15(12)20-2/h3-9,14,17-18H,10H2,1-2H3. The van der Waals surface area contributed by atoms with Crippen LogP contribution in [0.2, 0.25) is 0 Å². The van der Waals surface area contributed by atoms with Gasteiger partial charge in [0.1, 0.15) is 23.4 Å². The predicted molar refractivity (Wildman–Crippen MR) is 78.9 cm³/mol. The van der Waals surface area contributed by atoms with E-state index < -0.39 is 6.10 Å². The van der Waals surface area contributed by atoms with Crippen LogP contribution in [-0.4, -0.2) is 19.3 Å². The van der Waals surface area contributed by atoms with E-state index in [-0.39, 0.29) is 6.10 Å².